The van der Waals surface area contributed by atoms with Crippen LogP contribution in [0.2, 0.25) is 0 Å². The second kappa shape index (κ2) is 5.58. The summed E-state index contributed by atoms with van der Waals surface area (Å²) < 4.78 is 5.86. The maximum absolute atomic E-state index is 13.0. The summed E-state index contributed by atoms with van der Waals surface area (Å²) in [5.74, 6) is 1.28. The average molecular weight is 301 g/mol. The molecular weight excluding hydrogens is 278 g/mol. The molecule has 1 aromatic carbocycles. The Labute approximate surface area is 131 Å². The van der Waals surface area contributed by atoms with E-state index in [2.05, 4.69) is 0 Å². The molecular formula is C18H23NO3. The van der Waals surface area contributed by atoms with Gasteiger partial charge in [-0.05, 0) is 55.7 Å². The van der Waals surface area contributed by atoms with Crippen LogP contribution in [-0.2, 0) is 16.1 Å². The number of aromatic hydroxyl groups is 1. The van der Waals surface area contributed by atoms with Crippen LogP contribution in [0.5, 0.6) is 5.75 Å². The molecule has 0 radical (unpaired) electrons. The van der Waals surface area contributed by atoms with Crippen LogP contribution in [0.1, 0.15) is 37.7 Å². The van der Waals surface area contributed by atoms with Gasteiger partial charge in [-0.25, -0.2) is 0 Å². The number of rotatable bonds is 5. The molecule has 3 aliphatic rings. The van der Waals surface area contributed by atoms with Crippen LogP contribution >= 0.6 is 0 Å². The first-order chi connectivity index (χ1) is 10.7. The molecule has 0 spiro atoms. The third-order valence-corrected chi connectivity index (χ3v) is 5.22. The lowest BCUT2D eigenvalue weighted by atomic mass is 9.88. The Kier molecular flexibility index (Phi) is 3.57. The Morgan fingerprint density at radius 2 is 1.95 bits per heavy atom. The number of nitrogens with zero attached hydrogens (tertiary/aromatic N) is 1. The van der Waals surface area contributed by atoms with E-state index in [1.165, 1.54) is 12.8 Å². The van der Waals surface area contributed by atoms with Gasteiger partial charge in [0.15, 0.2) is 0 Å². The molecule has 2 aliphatic heterocycles. The fourth-order valence-corrected chi connectivity index (χ4v) is 3.80. The third-order valence-electron chi connectivity index (χ3n) is 5.22. The Balaban J connectivity index is 1.47. The summed E-state index contributed by atoms with van der Waals surface area (Å²) in [5, 5.41) is 9.40. The van der Waals surface area contributed by atoms with Crippen molar-refractivity contribution in [2.24, 2.45) is 11.8 Å². The van der Waals surface area contributed by atoms with Crippen LogP contribution in [0, 0.1) is 11.8 Å². The molecule has 118 valence electrons. The molecule has 1 aromatic rings. The minimum atomic E-state index is 0.0645. The number of amides is 1. The van der Waals surface area contributed by atoms with E-state index in [0.29, 0.717) is 18.6 Å². The molecule has 2 heterocycles. The van der Waals surface area contributed by atoms with Crippen LogP contribution < -0.4 is 0 Å². The van der Waals surface area contributed by atoms with Crippen molar-refractivity contribution in [2.75, 3.05) is 6.54 Å². The van der Waals surface area contributed by atoms with Crippen molar-refractivity contribution in [3.05, 3.63) is 29.8 Å². The highest BCUT2D eigenvalue weighted by Crippen LogP contribution is 2.40. The predicted molar refractivity (Wildman–Crippen MR) is 82.2 cm³/mol. The third kappa shape index (κ3) is 2.84. The highest BCUT2D eigenvalue weighted by atomic mass is 16.5. The number of phenols is 1. The van der Waals surface area contributed by atoms with Gasteiger partial charge in [0.1, 0.15) is 5.75 Å². The second-order valence-corrected chi connectivity index (χ2v) is 7.04. The van der Waals surface area contributed by atoms with Gasteiger partial charge in [-0.3, -0.25) is 4.79 Å². The standard InChI is InChI=1S/C18H23NO3/c20-14-5-3-13(4-6-14)11-19(10-12-1-2-12)18(21)16-9-15-7-8-17(16)22-15/h3-6,12,15-17,20H,1-2,7-11H2. The fraction of sp³-hybridized carbons (Fsp3) is 0.611. The molecule has 1 amide bonds. The number of fused-ring (bicyclic) bond motifs is 2. The smallest absolute Gasteiger partial charge is 0.228 e. The molecule has 3 fully saturated rings. The van der Waals surface area contributed by atoms with Gasteiger partial charge in [0.05, 0.1) is 18.1 Å². The molecule has 4 rings (SSSR count). The summed E-state index contributed by atoms with van der Waals surface area (Å²) >= 11 is 0. The second-order valence-electron chi connectivity index (χ2n) is 7.04. The molecule has 22 heavy (non-hydrogen) atoms. The van der Waals surface area contributed by atoms with Gasteiger partial charge in [-0.15, -0.1) is 0 Å². The van der Waals surface area contributed by atoms with Crippen molar-refractivity contribution in [3.63, 3.8) is 0 Å². The molecule has 3 unspecified atom stereocenters. The van der Waals surface area contributed by atoms with Crippen molar-refractivity contribution in [2.45, 2.75) is 50.9 Å². The molecule has 4 heteroatoms. The molecule has 2 bridgehead atoms. The maximum atomic E-state index is 13.0. The van der Waals surface area contributed by atoms with Gasteiger partial charge < -0.3 is 14.7 Å². The largest absolute Gasteiger partial charge is 0.508 e. The number of hydrogen-bond acceptors (Lipinski definition) is 3. The van der Waals surface area contributed by atoms with Gasteiger partial charge in [0, 0.05) is 13.1 Å². The number of hydrogen-bond donors (Lipinski definition) is 1. The van der Waals surface area contributed by atoms with Crippen LogP contribution in [0.15, 0.2) is 24.3 Å². The normalized spacial score (nSPS) is 29.7. The molecule has 1 aliphatic carbocycles. The Bertz CT molecular complexity index is 552. The topological polar surface area (TPSA) is 49.8 Å². The highest BCUT2D eigenvalue weighted by molar-refractivity contribution is 5.80. The van der Waals surface area contributed by atoms with E-state index in [4.69, 9.17) is 4.74 Å². The van der Waals surface area contributed by atoms with Crippen molar-refractivity contribution < 1.29 is 14.6 Å². The van der Waals surface area contributed by atoms with Gasteiger partial charge in [-0.2, -0.15) is 0 Å². The zero-order valence-electron chi connectivity index (χ0n) is 12.8. The number of carbonyl (C=O) groups excluding carboxylic acids is 1. The quantitative estimate of drug-likeness (QED) is 0.909. The number of carbonyl (C=O) groups is 1. The van der Waals surface area contributed by atoms with Crippen molar-refractivity contribution in [1.29, 1.82) is 0 Å². The van der Waals surface area contributed by atoms with Gasteiger partial charge in [0.2, 0.25) is 5.91 Å². The number of phenolic OH excluding ortho intramolecular Hbond substituents is 1. The zero-order valence-corrected chi connectivity index (χ0v) is 12.8. The van der Waals surface area contributed by atoms with E-state index >= 15 is 0 Å². The molecule has 2 saturated heterocycles. The maximum Gasteiger partial charge on any atom is 0.228 e. The minimum Gasteiger partial charge on any atom is -0.508 e. The van der Waals surface area contributed by atoms with E-state index in [1.807, 2.05) is 17.0 Å². The first kappa shape index (κ1) is 14.1. The first-order valence-corrected chi connectivity index (χ1v) is 8.41. The minimum absolute atomic E-state index is 0.0645. The Morgan fingerprint density at radius 3 is 2.55 bits per heavy atom. The summed E-state index contributed by atoms with van der Waals surface area (Å²) in [6.07, 6.45) is 6.01. The van der Waals surface area contributed by atoms with E-state index in [0.717, 1.165) is 31.4 Å². The van der Waals surface area contributed by atoms with E-state index in [1.54, 1.807) is 12.1 Å². The monoisotopic (exact) mass is 301 g/mol. The van der Waals surface area contributed by atoms with E-state index < -0.39 is 0 Å². The van der Waals surface area contributed by atoms with Crippen LogP contribution in [0.25, 0.3) is 0 Å². The lowest BCUT2D eigenvalue weighted by Gasteiger charge is -2.28. The zero-order chi connectivity index (χ0) is 15.1. The lowest BCUT2D eigenvalue weighted by molar-refractivity contribution is -0.138. The SMILES string of the molecule is O=C(C1CC2CCC1O2)N(Cc1ccc(O)cc1)CC1CC1. The number of benzene rings is 1. The Hall–Kier alpha value is -1.55. The highest BCUT2D eigenvalue weighted by Gasteiger charge is 2.46. The molecule has 0 aromatic heterocycles. The average Bonchev–Trinajstić information content (AvgIpc) is 3.09. The number of ether oxygens (including phenoxy) is 1. The van der Waals surface area contributed by atoms with Crippen LogP contribution in [0.4, 0.5) is 0 Å². The van der Waals surface area contributed by atoms with Gasteiger partial charge in [-0.1, -0.05) is 12.1 Å². The summed E-state index contributed by atoms with van der Waals surface area (Å²) in [5.41, 5.74) is 1.08. The Morgan fingerprint density at radius 1 is 1.18 bits per heavy atom. The van der Waals surface area contributed by atoms with E-state index in [9.17, 15) is 9.90 Å². The summed E-state index contributed by atoms with van der Waals surface area (Å²) in [4.78, 5) is 15.0. The lowest BCUT2D eigenvalue weighted by Crippen LogP contribution is -2.40. The first-order valence-electron chi connectivity index (χ1n) is 8.41. The summed E-state index contributed by atoms with van der Waals surface area (Å²) in [6.45, 7) is 1.51. The predicted octanol–water partition coefficient (Wildman–Crippen LogP) is 2.70. The molecule has 1 saturated carbocycles. The van der Waals surface area contributed by atoms with Crippen LogP contribution in [-0.4, -0.2) is 34.7 Å². The summed E-state index contributed by atoms with van der Waals surface area (Å²) in [7, 11) is 0. The fourth-order valence-electron chi connectivity index (χ4n) is 3.80. The molecule has 1 N–H and O–H groups in total. The van der Waals surface area contributed by atoms with E-state index in [-0.39, 0.29) is 23.7 Å². The van der Waals surface area contributed by atoms with Crippen LogP contribution in [0.3, 0.4) is 0 Å². The molecule has 3 atom stereocenters. The van der Waals surface area contributed by atoms with Crippen molar-refractivity contribution >= 4 is 5.91 Å². The van der Waals surface area contributed by atoms with Crippen molar-refractivity contribution in [1.82, 2.24) is 4.90 Å². The summed E-state index contributed by atoms with van der Waals surface area (Å²) in [6, 6.07) is 7.19. The van der Waals surface area contributed by atoms with Gasteiger partial charge >= 0.3 is 0 Å². The van der Waals surface area contributed by atoms with Gasteiger partial charge in [0.25, 0.3) is 0 Å². The molecule has 4 nitrogen and oxygen atoms in total. The van der Waals surface area contributed by atoms with Crippen molar-refractivity contribution in [3.8, 4) is 5.75 Å².